The number of aliphatic hydroxyl groups is 1. The third-order valence-corrected chi connectivity index (χ3v) is 4.61. The molecule has 0 saturated heterocycles. The van der Waals surface area contributed by atoms with Crippen molar-refractivity contribution in [1.82, 2.24) is 4.57 Å². The summed E-state index contributed by atoms with van der Waals surface area (Å²) in [7, 11) is 0. The second-order valence-electron chi connectivity index (χ2n) is 6.37. The van der Waals surface area contributed by atoms with Crippen molar-refractivity contribution < 1.29 is 13.9 Å². The van der Waals surface area contributed by atoms with Gasteiger partial charge in [0, 0.05) is 28.0 Å². The van der Waals surface area contributed by atoms with Crippen LogP contribution in [0.3, 0.4) is 0 Å². The van der Waals surface area contributed by atoms with Crippen molar-refractivity contribution in [3.63, 3.8) is 0 Å². The third kappa shape index (κ3) is 2.53. The maximum Gasteiger partial charge on any atom is 0.151 e. The van der Waals surface area contributed by atoms with Gasteiger partial charge in [0.25, 0.3) is 0 Å². The summed E-state index contributed by atoms with van der Waals surface area (Å²) in [5, 5.41) is 10.3. The number of hydrogen-bond acceptors (Lipinski definition) is 1. The van der Waals surface area contributed by atoms with Gasteiger partial charge in [0.2, 0.25) is 0 Å². The molecule has 1 aromatic heterocycles. The van der Waals surface area contributed by atoms with E-state index in [4.69, 9.17) is 0 Å². The Morgan fingerprint density at radius 3 is 2.71 bits per heavy atom. The van der Waals surface area contributed by atoms with Crippen LogP contribution in [0.4, 0.5) is 8.78 Å². The molecule has 1 heterocycles. The molecule has 0 amide bonds. The molecule has 0 spiro atoms. The molecule has 0 saturated carbocycles. The van der Waals surface area contributed by atoms with E-state index in [1.807, 2.05) is 6.07 Å². The molecule has 21 heavy (non-hydrogen) atoms. The van der Waals surface area contributed by atoms with E-state index in [-0.39, 0.29) is 11.1 Å². The minimum absolute atomic E-state index is 0.0640. The highest BCUT2D eigenvalue weighted by Gasteiger charge is 2.34. The van der Waals surface area contributed by atoms with Crippen LogP contribution in [-0.2, 0) is 6.42 Å². The van der Waals surface area contributed by atoms with Crippen LogP contribution < -0.4 is 0 Å². The molecule has 0 fully saturated rings. The summed E-state index contributed by atoms with van der Waals surface area (Å²) in [6.45, 7) is 4.15. The molecule has 5 heteroatoms. The number of halogens is 3. The van der Waals surface area contributed by atoms with Crippen LogP contribution in [0.5, 0.6) is 0 Å². The number of fused-ring (bicyclic) bond motifs is 1. The average Bonchev–Trinajstić information content (AvgIpc) is 2.70. The standard InChI is InChI=1S/C16H16BrF2NO/c1-16(2)7-13-10(14(21)8-16)3-4-20(13)15-11(17)5-9(18)6-12(15)19/h3-6,14,21H,7-8H2,1-2H3. The average molecular weight is 356 g/mol. The number of aromatic nitrogens is 1. The van der Waals surface area contributed by atoms with Gasteiger partial charge in [-0.15, -0.1) is 0 Å². The molecule has 1 aliphatic rings. The number of rotatable bonds is 1. The van der Waals surface area contributed by atoms with Crippen molar-refractivity contribution in [2.24, 2.45) is 5.41 Å². The lowest BCUT2D eigenvalue weighted by Gasteiger charge is -2.34. The van der Waals surface area contributed by atoms with E-state index in [2.05, 4.69) is 29.8 Å². The molecular weight excluding hydrogens is 340 g/mol. The minimum atomic E-state index is -0.627. The lowest BCUT2D eigenvalue weighted by atomic mass is 9.75. The molecule has 0 bridgehead atoms. The van der Waals surface area contributed by atoms with Crippen LogP contribution >= 0.6 is 15.9 Å². The largest absolute Gasteiger partial charge is 0.388 e. The number of nitrogens with zero attached hydrogens (tertiary/aromatic N) is 1. The Morgan fingerprint density at radius 1 is 1.33 bits per heavy atom. The van der Waals surface area contributed by atoms with Crippen LogP contribution in [0.1, 0.15) is 37.6 Å². The van der Waals surface area contributed by atoms with Gasteiger partial charge in [-0.3, -0.25) is 0 Å². The molecule has 2 aromatic rings. The van der Waals surface area contributed by atoms with E-state index in [9.17, 15) is 13.9 Å². The summed E-state index contributed by atoms with van der Waals surface area (Å²) >= 11 is 3.23. The van der Waals surface area contributed by atoms with Gasteiger partial charge < -0.3 is 9.67 Å². The zero-order valence-corrected chi connectivity index (χ0v) is 13.4. The third-order valence-electron chi connectivity index (χ3n) is 4.00. The molecule has 1 unspecified atom stereocenters. The van der Waals surface area contributed by atoms with Gasteiger partial charge in [-0.1, -0.05) is 13.8 Å². The Balaban J connectivity index is 2.19. The SMILES string of the molecule is CC1(C)Cc2c(ccn2-c2c(F)cc(F)cc2Br)C(O)C1. The van der Waals surface area contributed by atoms with E-state index in [1.54, 1.807) is 10.8 Å². The van der Waals surface area contributed by atoms with Gasteiger partial charge in [0.05, 0.1) is 11.8 Å². The quantitative estimate of drug-likeness (QED) is 0.798. The van der Waals surface area contributed by atoms with Crippen molar-refractivity contribution in [2.45, 2.75) is 32.8 Å². The second kappa shape index (κ2) is 4.92. The van der Waals surface area contributed by atoms with Crippen LogP contribution in [-0.4, -0.2) is 9.67 Å². The van der Waals surface area contributed by atoms with Crippen LogP contribution in [0.2, 0.25) is 0 Å². The Morgan fingerprint density at radius 2 is 2.05 bits per heavy atom. The number of hydrogen-bond donors (Lipinski definition) is 1. The van der Waals surface area contributed by atoms with E-state index >= 15 is 0 Å². The minimum Gasteiger partial charge on any atom is -0.388 e. The predicted octanol–water partition coefficient (Wildman–Crippen LogP) is 4.52. The van der Waals surface area contributed by atoms with Crippen molar-refractivity contribution in [1.29, 1.82) is 0 Å². The van der Waals surface area contributed by atoms with Gasteiger partial charge >= 0.3 is 0 Å². The van der Waals surface area contributed by atoms with Crippen LogP contribution in [0, 0.1) is 17.0 Å². The first-order valence-corrected chi connectivity index (χ1v) is 7.61. The van der Waals surface area contributed by atoms with E-state index in [0.717, 1.165) is 23.7 Å². The molecule has 112 valence electrons. The molecule has 0 aliphatic heterocycles. The van der Waals surface area contributed by atoms with Crippen molar-refractivity contribution in [3.8, 4) is 5.69 Å². The van der Waals surface area contributed by atoms with Gasteiger partial charge in [0.1, 0.15) is 5.82 Å². The first kappa shape index (κ1) is 14.7. The smallest absolute Gasteiger partial charge is 0.151 e. The fraction of sp³-hybridized carbons (Fsp3) is 0.375. The van der Waals surface area contributed by atoms with Crippen molar-refractivity contribution in [3.05, 3.63) is 51.8 Å². The first-order valence-electron chi connectivity index (χ1n) is 6.81. The molecule has 2 nitrogen and oxygen atoms in total. The Labute approximate surface area is 130 Å². The van der Waals surface area contributed by atoms with Gasteiger partial charge in [-0.2, -0.15) is 0 Å². The highest BCUT2D eigenvalue weighted by Crippen LogP contribution is 2.42. The summed E-state index contributed by atoms with van der Waals surface area (Å²) in [5.74, 6) is -1.25. The monoisotopic (exact) mass is 355 g/mol. The van der Waals surface area contributed by atoms with Gasteiger partial charge in [-0.05, 0) is 46.3 Å². The lowest BCUT2D eigenvalue weighted by Crippen LogP contribution is -2.26. The molecule has 1 aromatic carbocycles. The maximum atomic E-state index is 14.2. The zero-order chi connectivity index (χ0) is 15.4. The summed E-state index contributed by atoms with van der Waals surface area (Å²) in [4.78, 5) is 0. The molecule has 1 atom stereocenters. The molecule has 0 radical (unpaired) electrons. The van der Waals surface area contributed by atoms with Crippen molar-refractivity contribution >= 4 is 15.9 Å². The number of aliphatic hydroxyl groups excluding tert-OH is 1. The summed E-state index contributed by atoms with van der Waals surface area (Å²) < 4.78 is 29.5. The van der Waals surface area contributed by atoms with Crippen LogP contribution in [0.25, 0.3) is 5.69 Å². The predicted molar refractivity (Wildman–Crippen MR) is 80.4 cm³/mol. The lowest BCUT2D eigenvalue weighted by molar-refractivity contribution is 0.0986. The topological polar surface area (TPSA) is 25.2 Å². The highest BCUT2D eigenvalue weighted by molar-refractivity contribution is 9.10. The molecule has 3 rings (SSSR count). The fourth-order valence-corrected chi connectivity index (χ4v) is 3.70. The molecule has 1 aliphatic carbocycles. The first-order chi connectivity index (χ1) is 9.78. The summed E-state index contributed by atoms with van der Waals surface area (Å²) in [6.07, 6.45) is 2.59. The van der Waals surface area contributed by atoms with E-state index in [1.165, 1.54) is 6.07 Å². The summed E-state index contributed by atoms with van der Waals surface area (Å²) in [6, 6.07) is 3.93. The Bertz CT molecular complexity index is 685. The highest BCUT2D eigenvalue weighted by atomic mass is 79.9. The van der Waals surface area contributed by atoms with Gasteiger partial charge in [0.15, 0.2) is 5.82 Å². The molecular formula is C16H16BrF2NO. The second-order valence-corrected chi connectivity index (χ2v) is 7.22. The summed E-state index contributed by atoms with van der Waals surface area (Å²) in [5.41, 5.74) is 1.92. The fourth-order valence-electron chi connectivity index (χ4n) is 3.10. The zero-order valence-electron chi connectivity index (χ0n) is 11.8. The van der Waals surface area contributed by atoms with Gasteiger partial charge in [-0.25, -0.2) is 8.78 Å². The maximum absolute atomic E-state index is 14.2. The van der Waals surface area contributed by atoms with E-state index < -0.39 is 17.7 Å². The Hall–Kier alpha value is -1.20. The Kier molecular flexibility index (Phi) is 3.45. The van der Waals surface area contributed by atoms with E-state index in [0.29, 0.717) is 10.9 Å². The molecule has 1 N–H and O–H groups in total. The van der Waals surface area contributed by atoms with Crippen molar-refractivity contribution in [2.75, 3.05) is 0 Å². The number of benzene rings is 1. The van der Waals surface area contributed by atoms with Crippen LogP contribution in [0.15, 0.2) is 28.9 Å². The normalized spacial score (nSPS) is 20.4.